The van der Waals surface area contributed by atoms with Crippen LogP contribution in [-0.2, 0) is 4.74 Å². The van der Waals surface area contributed by atoms with Crippen molar-refractivity contribution >= 4 is 0 Å². The Morgan fingerprint density at radius 1 is 1.53 bits per heavy atom. The van der Waals surface area contributed by atoms with Crippen molar-refractivity contribution in [3.8, 4) is 0 Å². The SMILES string of the molecule is CC(C)OCC12CCCN1C[C@H](CF)C2. The number of alkyl halides is 1. The molecule has 3 heteroatoms. The zero-order chi connectivity index (χ0) is 10.9. The molecule has 0 aromatic heterocycles. The van der Waals surface area contributed by atoms with Crippen molar-refractivity contribution in [3.63, 3.8) is 0 Å². The van der Waals surface area contributed by atoms with Crippen molar-refractivity contribution in [1.82, 2.24) is 4.90 Å². The first-order valence-electron chi connectivity index (χ1n) is 6.09. The fraction of sp³-hybridized carbons (Fsp3) is 1.00. The van der Waals surface area contributed by atoms with Gasteiger partial charge in [0.2, 0.25) is 0 Å². The molecule has 2 aliphatic rings. The molecule has 1 unspecified atom stereocenters. The quantitative estimate of drug-likeness (QED) is 0.713. The lowest BCUT2D eigenvalue weighted by molar-refractivity contribution is 0.00283. The minimum atomic E-state index is -0.167. The van der Waals surface area contributed by atoms with E-state index in [1.807, 2.05) is 0 Å². The van der Waals surface area contributed by atoms with Gasteiger partial charge < -0.3 is 4.74 Å². The van der Waals surface area contributed by atoms with E-state index in [9.17, 15) is 4.39 Å². The molecule has 15 heavy (non-hydrogen) atoms. The molecule has 2 heterocycles. The van der Waals surface area contributed by atoms with Crippen LogP contribution in [0.2, 0.25) is 0 Å². The summed E-state index contributed by atoms with van der Waals surface area (Å²) in [6.07, 6.45) is 3.72. The molecule has 0 saturated carbocycles. The number of hydrogen-bond acceptors (Lipinski definition) is 2. The number of fused-ring (bicyclic) bond motifs is 1. The van der Waals surface area contributed by atoms with Crippen molar-refractivity contribution < 1.29 is 9.13 Å². The summed E-state index contributed by atoms with van der Waals surface area (Å²) in [5.74, 6) is 0.251. The maximum Gasteiger partial charge on any atom is 0.0935 e. The topological polar surface area (TPSA) is 12.5 Å². The number of hydrogen-bond donors (Lipinski definition) is 0. The third-order valence-electron chi connectivity index (χ3n) is 3.79. The second kappa shape index (κ2) is 4.38. The van der Waals surface area contributed by atoms with Crippen LogP contribution >= 0.6 is 0 Å². The van der Waals surface area contributed by atoms with E-state index in [0.29, 0.717) is 0 Å². The van der Waals surface area contributed by atoms with Gasteiger partial charge >= 0.3 is 0 Å². The van der Waals surface area contributed by atoms with Gasteiger partial charge in [-0.3, -0.25) is 9.29 Å². The fourth-order valence-corrected chi connectivity index (χ4v) is 3.07. The zero-order valence-electron chi connectivity index (χ0n) is 9.84. The summed E-state index contributed by atoms with van der Waals surface area (Å²) in [5.41, 5.74) is 0.182. The van der Waals surface area contributed by atoms with Gasteiger partial charge in [0.1, 0.15) is 0 Å². The van der Waals surface area contributed by atoms with Gasteiger partial charge in [-0.1, -0.05) is 0 Å². The summed E-state index contributed by atoms with van der Waals surface area (Å²) in [5, 5.41) is 0. The smallest absolute Gasteiger partial charge is 0.0935 e. The average molecular weight is 215 g/mol. The Labute approximate surface area is 91.8 Å². The lowest BCUT2D eigenvalue weighted by Gasteiger charge is -2.32. The highest BCUT2D eigenvalue weighted by molar-refractivity contribution is 5.03. The monoisotopic (exact) mass is 215 g/mol. The summed E-state index contributed by atoms with van der Waals surface area (Å²) < 4.78 is 18.5. The molecule has 0 N–H and O–H groups in total. The molecule has 2 nitrogen and oxygen atoms in total. The van der Waals surface area contributed by atoms with Crippen molar-refractivity contribution in [2.24, 2.45) is 5.92 Å². The van der Waals surface area contributed by atoms with Crippen LogP contribution in [0.4, 0.5) is 4.39 Å². The second-order valence-electron chi connectivity index (χ2n) is 5.36. The van der Waals surface area contributed by atoms with Gasteiger partial charge in [0.25, 0.3) is 0 Å². The molecule has 2 rings (SSSR count). The Morgan fingerprint density at radius 2 is 2.33 bits per heavy atom. The Bertz CT molecular complexity index is 222. The molecule has 0 aliphatic carbocycles. The molecule has 0 aromatic carbocycles. The van der Waals surface area contributed by atoms with E-state index in [0.717, 1.165) is 26.1 Å². The van der Waals surface area contributed by atoms with Crippen LogP contribution in [0, 0.1) is 5.92 Å². The minimum Gasteiger partial charge on any atom is -0.377 e. The first kappa shape index (κ1) is 11.3. The van der Waals surface area contributed by atoms with Gasteiger partial charge in [-0.15, -0.1) is 0 Å². The fourth-order valence-electron chi connectivity index (χ4n) is 3.07. The molecular formula is C12H22FNO. The molecule has 0 bridgehead atoms. The van der Waals surface area contributed by atoms with Gasteiger partial charge in [0.15, 0.2) is 0 Å². The molecular weight excluding hydrogens is 193 g/mol. The van der Waals surface area contributed by atoms with Gasteiger partial charge in [-0.25, -0.2) is 0 Å². The summed E-state index contributed by atoms with van der Waals surface area (Å²) in [4.78, 5) is 2.46. The summed E-state index contributed by atoms with van der Waals surface area (Å²) >= 11 is 0. The predicted octanol–water partition coefficient (Wildman–Crippen LogP) is 2.24. The Balaban J connectivity index is 1.97. The van der Waals surface area contributed by atoms with E-state index in [1.165, 1.54) is 12.8 Å². The summed E-state index contributed by atoms with van der Waals surface area (Å²) in [6.45, 7) is 6.84. The van der Waals surface area contributed by atoms with Crippen LogP contribution < -0.4 is 0 Å². The third-order valence-corrected chi connectivity index (χ3v) is 3.79. The second-order valence-corrected chi connectivity index (χ2v) is 5.36. The number of halogens is 1. The van der Waals surface area contributed by atoms with Crippen molar-refractivity contribution in [2.75, 3.05) is 26.4 Å². The Kier molecular flexibility index (Phi) is 3.31. The zero-order valence-corrected chi connectivity index (χ0v) is 9.84. The number of ether oxygens (including phenoxy) is 1. The summed E-state index contributed by atoms with van der Waals surface area (Å²) in [7, 11) is 0. The van der Waals surface area contributed by atoms with Gasteiger partial charge in [0, 0.05) is 18.0 Å². The number of rotatable bonds is 4. The molecule has 0 amide bonds. The van der Waals surface area contributed by atoms with E-state index in [1.54, 1.807) is 0 Å². The van der Waals surface area contributed by atoms with Crippen molar-refractivity contribution in [3.05, 3.63) is 0 Å². The lowest BCUT2D eigenvalue weighted by Crippen LogP contribution is -2.43. The van der Waals surface area contributed by atoms with Crippen LogP contribution in [0.25, 0.3) is 0 Å². The van der Waals surface area contributed by atoms with Crippen LogP contribution in [0.5, 0.6) is 0 Å². The van der Waals surface area contributed by atoms with Gasteiger partial charge in [-0.05, 0) is 39.7 Å². The minimum absolute atomic E-state index is 0.167. The van der Waals surface area contributed by atoms with Crippen molar-refractivity contribution in [2.45, 2.75) is 44.8 Å². The molecule has 2 atom stereocenters. The average Bonchev–Trinajstić information content (AvgIpc) is 2.70. The highest BCUT2D eigenvalue weighted by Gasteiger charge is 2.48. The molecule has 2 fully saturated rings. The predicted molar refractivity (Wildman–Crippen MR) is 58.7 cm³/mol. The van der Waals surface area contributed by atoms with E-state index in [4.69, 9.17) is 4.74 Å². The number of nitrogens with zero attached hydrogens (tertiary/aromatic N) is 1. The van der Waals surface area contributed by atoms with Crippen molar-refractivity contribution in [1.29, 1.82) is 0 Å². The molecule has 2 aliphatic heterocycles. The van der Waals surface area contributed by atoms with Crippen LogP contribution in [0.1, 0.15) is 33.1 Å². The maximum atomic E-state index is 12.7. The Morgan fingerprint density at radius 3 is 3.00 bits per heavy atom. The molecule has 88 valence electrons. The first-order valence-corrected chi connectivity index (χ1v) is 6.09. The van der Waals surface area contributed by atoms with Gasteiger partial charge in [-0.2, -0.15) is 0 Å². The van der Waals surface area contributed by atoms with E-state index >= 15 is 0 Å². The van der Waals surface area contributed by atoms with E-state index < -0.39 is 0 Å². The highest BCUT2D eigenvalue weighted by Crippen LogP contribution is 2.41. The molecule has 2 saturated heterocycles. The normalized spacial score (nSPS) is 36.4. The van der Waals surface area contributed by atoms with Crippen LogP contribution in [-0.4, -0.2) is 42.9 Å². The molecule has 0 aromatic rings. The first-order chi connectivity index (χ1) is 7.16. The third kappa shape index (κ3) is 2.18. The van der Waals surface area contributed by atoms with Crippen LogP contribution in [0.3, 0.4) is 0 Å². The standard InChI is InChI=1S/C12H22FNO/c1-10(2)15-9-12-4-3-5-14(12)8-11(6-12)7-13/h10-11H,3-9H2,1-2H3/t11-,12?/m0/s1. The molecule has 0 spiro atoms. The Hall–Kier alpha value is -0.150. The largest absolute Gasteiger partial charge is 0.377 e. The van der Waals surface area contributed by atoms with Gasteiger partial charge in [0.05, 0.1) is 19.4 Å². The van der Waals surface area contributed by atoms with E-state index in [-0.39, 0.29) is 24.2 Å². The van der Waals surface area contributed by atoms with E-state index in [2.05, 4.69) is 18.7 Å². The lowest BCUT2D eigenvalue weighted by atomic mass is 9.91. The highest BCUT2D eigenvalue weighted by atomic mass is 19.1. The summed E-state index contributed by atoms with van der Waals surface area (Å²) in [6, 6.07) is 0. The maximum absolute atomic E-state index is 12.7. The molecule has 0 radical (unpaired) electrons. The van der Waals surface area contributed by atoms with Crippen LogP contribution in [0.15, 0.2) is 0 Å².